The van der Waals surface area contributed by atoms with Crippen LogP contribution < -0.4 is 30.3 Å². The Balaban J connectivity index is 1.66. The molecule has 3 amide bonds. The number of carbonyl (C=O) groups is 3. The Hall–Kier alpha value is -4.06. The predicted octanol–water partition coefficient (Wildman–Crippen LogP) is 3.58. The number of methoxy groups -OCH3 is 1. The molecule has 11 nitrogen and oxygen atoms in total. The minimum atomic E-state index is -0.758. The van der Waals surface area contributed by atoms with Crippen molar-refractivity contribution in [3.63, 3.8) is 0 Å². The van der Waals surface area contributed by atoms with Crippen LogP contribution in [-0.2, 0) is 14.3 Å². The molecule has 1 aliphatic rings. The lowest BCUT2D eigenvalue weighted by molar-refractivity contribution is -0.139. The van der Waals surface area contributed by atoms with E-state index in [1.807, 2.05) is 19.1 Å². The summed E-state index contributed by atoms with van der Waals surface area (Å²) in [5.41, 5.74) is 4.41. The maximum Gasteiger partial charge on any atom is 0.338 e. The smallest absolute Gasteiger partial charge is 0.338 e. The number of nitrogens with one attached hydrogen (secondary N) is 3. The molecule has 12 heteroatoms. The molecule has 2 aromatic carbocycles. The highest BCUT2D eigenvalue weighted by molar-refractivity contribution is 9.10. The molecule has 3 rings (SSSR count). The average Bonchev–Trinajstić information content (AvgIpc) is 2.88. The summed E-state index contributed by atoms with van der Waals surface area (Å²) < 4.78 is 22.4. The minimum absolute atomic E-state index is 0.191. The van der Waals surface area contributed by atoms with E-state index in [1.54, 1.807) is 38.1 Å². The zero-order chi connectivity index (χ0) is 27.7. The van der Waals surface area contributed by atoms with Crippen molar-refractivity contribution in [1.82, 2.24) is 16.1 Å². The van der Waals surface area contributed by atoms with Crippen molar-refractivity contribution in [2.45, 2.75) is 26.8 Å². The third-order valence-electron chi connectivity index (χ3n) is 5.30. The number of esters is 1. The zero-order valence-electron chi connectivity index (χ0n) is 21.4. The fraction of sp³-hybridized carbons (Fsp3) is 0.308. The van der Waals surface area contributed by atoms with Crippen LogP contribution in [0.4, 0.5) is 4.79 Å². The van der Waals surface area contributed by atoms with Crippen molar-refractivity contribution in [3.05, 3.63) is 63.3 Å². The number of halogens is 1. The van der Waals surface area contributed by atoms with Gasteiger partial charge in [-0.3, -0.25) is 4.79 Å². The molecule has 0 aromatic heterocycles. The molecule has 0 radical (unpaired) electrons. The summed E-state index contributed by atoms with van der Waals surface area (Å²) in [5.74, 6) is 0.298. The van der Waals surface area contributed by atoms with Gasteiger partial charge >= 0.3 is 12.0 Å². The van der Waals surface area contributed by atoms with Crippen LogP contribution in [0.25, 0.3) is 0 Å². The van der Waals surface area contributed by atoms with E-state index >= 15 is 0 Å². The Bertz CT molecular complexity index is 1260. The Morgan fingerprint density at radius 2 is 1.84 bits per heavy atom. The third kappa shape index (κ3) is 7.25. The lowest BCUT2D eigenvalue weighted by Gasteiger charge is -2.28. The van der Waals surface area contributed by atoms with E-state index in [4.69, 9.17) is 18.9 Å². The molecule has 0 fully saturated rings. The van der Waals surface area contributed by atoms with E-state index < -0.39 is 23.9 Å². The van der Waals surface area contributed by atoms with Gasteiger partial charge in [0.2, 0.25) is 0 Å². The molecule has 1 atom stereocenters. The monoisotopic (exact) mass is 588 g/mol. The average molecular weight is 589 g/mol. The summed E-state index contributed by atoms with van der Waals surface area (Å²) in [7, 11) is 1.44. The van der Waals surface area contributed by atoms with Crippen LogP contribution in [0.3, 0.4) is 0 Å². The lowest BCUT2D eigenvalue weighted by atomic mass is 9.95. The summed E-state index contributed by atoms with van der Waals surface area (Å²) in [6.45, 7) is 5.65. The number of ether oxygens (including phenoxy) is 4. The number of hydrogen-bond donors (Lipinski definition) is 3. The number of hydrogen-bond acceptors (Lipinski definition) is 8. The van der Waals surface area contributed by atoms with Crippen molar-refractivity contribution >= 4 is 40.1 Å². The van der Waals surface area contributed by atoms with E-state index in [-0.39, 0.29) is 18.8 Å². The molecule has 1 heterocycles. The first kappa shape index (κ1) is 28.5. The second-order valence-corrected chi connectivity index (χ2v) is 8.76. The topological polar surface area (TPSA) is 137 Å². The van der Waals surface area contributed by atoms with E-state index in [9.17, 15) is 14.4 Å². The SMILES string of the molecule is CCOC(=O)C1=C(C)NC(=O)N[C@@H]1c1ccc(OCC(=O)N/N=C\c2ccc(OCC)c(Br)c2)c(OC)c1. The molecule has 0 bridgehead atoms. The van der Waals surface area contributed by atoms with Crippen LogP contribution in [0.15, 0.2) is 57.2 Å². The summed E-state index contributed by atoms with van der Waals surface area (Å²) in [4.78, 5) is 36.9. The summed E-state index contributed by atoms with van der Waals surface area (Å²) >= 11 is 3.43. The largest absolute Gasteiger partial charge is 0.493 e. The third-order valence-corrected chi connectivity index (χ3v) is 5.92. The van der Waals surface area contributed by atoms with Crippen LogP contribution in [0, 0.1) is 0 Å². The number of rotatable bonds is 11. The fourth-order valence-electron chi connectivity index (χ4n) is 3.63. The van der Waals surface area contributed by atoms with Crippen molar-refractivity contribution < 1.29 is 33.3 Å². The fourth-order valence-corrected chi connectivity index (χ4v) is 4.14. The van der Waals surface area contributed by atoms with Gasteiger partial charge in [0.1, 0.15) is 5.75 Å². The van der Waals surface area contributed by atoms with Crippen molar-refractivity contribution in [1.29, 1.82) is 0 Å². The quantitative estimate of drug-likeness (QED) is 0.207. The summed E-state index contributed by atoms with van der Waals surface area (Å²) in [6, 6.07) is 9.10. The Labute approximate surface area is 228 Å². The van der Waals surface area contributed by atoms with Gasteiger partial charge < -0.3 is 29.6 Å². The highest BCUT2D eigenvalue weighted by Crippen LogP contribution is 2.34. The number of benzene rings is 2. The van der Waals surface area contributed by atoms with Gasteiger partial charge in [0.05, 0.1) is 42.6 Å². The molecule has 38 heavy (non-hydrogen) atoms. The summed E-state index contributed by atoms with van der Waals surface area (Å²) in [6.07, 6.45) is 1.50. The molecule has 0 unspecified atom stereocenters. The van der Waals surface area contributed by atoms with Crippen LogP contribution in [0.2, 0.25) is 0 Å². The summed E-state index contributed by atoms with van der Waals surface area (Å²) in [5, 5.41) is 9.27. The van der Waals surface area contributed by atoms with E-state index in [0.717, 1.165) is 10.0 Å². The number of nitrogens with zero attached hydrogens (tertiary/aromatic N) is 1. The van der Waals surface area contributed by atoms with Gasteiger partial charge in [-0.1, -0.05) is 6.07 Å². The molecule has 1 aliphatic heterocycles. The standard InChI is InChI=1S/C26H29BrN4O7/c1-5-36-19-9-7-16(11-18(19)27)13-28-31-22(32)14-38-20-10-8-17(12-21(20)35-4)24-23(25(33)37-6-2)15(3)29-26(34)30-24/h7-13,24H,5-6,14H2,1-4H3,(H,31,32)(H2,29,30,34)/b28-13-/t24-/m1/s1. The normalized spacial score (nSPS) is 15.0. The number of hydrazone groups is 1. The van der Waals surface area contributed by atoms with Crippen molar-refractivity contribution in [2.75, 3.05) is 26.9 Å². The van der Waals surface area contributed by atoms with Gasteiger partial charge in [0.15, 0.2) is 18.1 Å². The maximum atomic E-state index is 12.5. The van der Waals surface area contributed by atoms with Gasteiger partial charge in [0.25, 0.3) is 5.91 Å². The molecular formula is C26H29BrN4O7. The maximum absolute atomic E-state index is 12.5. The molecule has 0 aliphatic carbocycles. The number of urea groups is 1. The molecule has 0 saturated carbocycles. The van der Waals surface area contributed by atoms with E-state index in [0.29, 0.717) is 35.1 Å². The van der Waals surface area contributed by atoms with Crippen LogP contribution in [0.1, 0.15) is 37.9 Å². The first-order valence-corrected chi connectivity index (χ1v) is 12.6. The zero-order valence-corrected chi connectivity index (χ0v) is 23.0. The molecular weight excluding hydrogens is 560 g/mol. The van der Waals surface area contributed by atoms with Crippen LogP contribution >= 0.6 is 15.9 Å². The van der Waals surface area contributed by atoms with Gasteiger partial charge in [0, 0.05) is 5.70 Å². The molecule has 0 spiro atoms. The Morgan fingerprint density at radius 1 is 1.08 bits per heavy atom. The van der Waals surface area contributed by atoms with Gasteiger partial charge in [-0.05, 0) is 78.2 Å². The lowest BCUT2D eigenvalue weighted by Crippen LogP contribution is -2.45. The highest BCUT2D eigenvalue weighted by atomic mass is 79.9. The Kier molecular flexibility index (Phi) is 10.1. The van der Waals surface area contributed by atoms with Gasteiger partial charge in [-0.15, -0.1) is 0 Å². The molecule has 202 valence electrons. The van der Waals surface area contributed by atoms with Crippen LogP contribution in [0.5, 0.6) is 17.2 Å². The highest BCUT2D eigenvalue weighted by Gasteiger charge is 2.32. The second-order valence-electron chi connectivity index (χ2n) is 7.91. The first-order chi connectivity index (χ1) is 18.3. The predicted molar refractivity (Wildman–Crippen MR) is 143 cm³/mol. The molecule has 0 saturated heterocycles. The number of allylic oxidation sites excluding steroid dienone is 1. The van der Waals surface area contributed by atoms with E-state index in [1.165, 1.54) is 13.3 Å². The second kappa shape index (κ2) is 13.5. The van der Waals surface area contributed by atoms with Crippen molar-refractivity contribution in [2.24, 2.45) is 5.10 Å². The van der Waals surface area contributed by atoms with Crippen LogP contribution in [-0.4, -0.2) is 51.1 Å². The minimum Gasteiger partial charge on any atom is -0.493 e. The Morgan fingerprint density at radius 3 is 2.53 bits per heavy atom. The molecule has 3 N–H and O–H groups in total. The number of amides is 3. The first-order valence-electron chi connectivity index (χ1n) is 11.8. The number of carbonyl (C=O) groups excluding carboxylic acids is 3. The molecule has 2 aromatic rings. The van der Waals surface area contributed by atoms with Gasteiger partial charge in [-0.25, -0.2) is 15.0 Å². The van der Waals surface area contributed by atoms with Gasteiger partial charge in [-0.2, -0.15) is 5.10 Å². The van der Waals surface area contributed by atoms with E-state index in [2.05, 4.69) is 37.1 Å². The van der Waals surface area contributed by atoms with Crippen molar-refractivity contribution in [3.8, 4) is 17.2 Å².